The zero-order valence-electron chi connectivity index (χ0n) is 19.3. The van der Waals surface area contributed by atoms with Crippen LogP contribution in [0.3, 0.4) is 0 Å². The van der Waals surface area contributed by atoms with Crippen LogP contribution in [0.1, 0.15) is 69.4 Å². The van der Waals surface area contributed by atoms with E-state index >= 15 is 0 Å². The van der Waals surface area contributed by atoms with Crippen molar-refractivity contribution < 1.29 is 0 Å². The summed E-state index contributed by atoms with van der Waals surface area (Å²) in [5.74, 6) is 0. The molecule has 1 aliphatic heterocycles. The van der Waals surface area contributed by atoms with Gasteiger partial charge in [0.1, 0.15) is 0 Å². The molecular formula is C28H37N3O. The number of hydrogen-bond acceptors (Lipinski definition) is 2. The number of rotatable bonds is 5. The summed E-state index contributed by atoms with van der Waals surface area (Å²) in [4.78, 5) is 18.4. The number of nitrogens with zero attached hydrogens (tertiary/aromatic N) is 2. The van der Waals surface area contributed by atoms with Crippen molar-refractivity contribution in [2.45, 2.75) is 70.3 Å². The lowest BCUT2D eigenvalue weighted by molar-refractivity contribution is 0.0881. The van der Waals surface area contributed by atoms with Gasteiger partial charge < -0.3 is 9.88 Å². The summed E-state index contributed by atoms with van der Waals surface area (Å²) in [5.41, 5.74) is 3.94. The van der Waals surface area contributed by atoms with Crippen LogP contribution in [-0.4, -0.2) is 34.1 Å². The van der Waals surface area contributed by atoms with Crippen LogP contribution in [0.2, 0.25) is 0 Å². The van der Waals surface area contributed by atoms with Crippen molar-refractivity contribution in [3.63, 3.8) is 0 Å². The second kappa shape index (κ2) is 9.66. The molecule has 1 aliphatic carbocycles. The van der Waals surface area contributed by atoms with Crippen molar-refractivity contribution in [2.24, 2.45) is 5.41 Å². The second-order valence-corrected chi connectivity index (χ2v) is 10.3. The number of benzene rings is 2. The van der Waals surface area contributed by atoms with E-state index in [0.29, 0.717) is 11.5 Å². The molecule has 4 nitrogen and oxygen atoms in total. The van der Waals surface area contributed by atoms with Crippen LogP contribution in [0.15, 0.2) is 59.4 Å². The van der Waals surface area contributed by atoms with E-state index in [1.54, 1.807) is 0 Å². The Kier molecular flexibility index (Phi) is 6.49. The number of aromatic nitrogens is 2. The Hall–Kier alpha value is -2.33. The van der Waals surface area contributed by atoms with Crippen LogP contribution in [0, 0.1) is 5.41 Å². The van der Waals surface area contributed by atoms with E-state index in [2.05, 4.69) is 46.3 Å². The monoisotopic (exact) mass is 431 g/mol. The Labute approximate surface area is 191 Å². The predicted octanol–water partition coefficient (Wildman–Crippen LogP) is 5.94. The number of fused-ring (bicyclic) bond motifs is 1. The van der Waals surface area contributed by atoms with Crippen LogP contribution in [0.4, 0.5) is 0 Å². The molecule has 1 saturated carbocycles. The highest BCUT2D eigenvalue weighted by Crippen LogP contribution is 2.39. The number of imidazole rings is 1. The predicted molar refractivity (Wildman–Crippen MR) is 132 cm³/mol. The van der Waals surface area contributed by atoms with Gasteiger partial charge in [-0.2, -0.15) is 0 Å². The molecule has 2 aliphatic rings. The van der Waals surface area contributed by atoms with Crippen molar-refractivity contribution in [1.29, 1.82) is 0 Å². The molecule has 2 fully saturated rings. The molecule has 0 radical (unpaired) electrons. The lowest BCUT2D eigenvalue weighted by Gasteiger charge is -2.42. The van der Waals surface area contributed by atoms with Crippen molar-refractivity contribution in [2.75, 3.05) is 19.6 Å². The highest BCUT2D eigenvalue weighted by molar-refractivity contribution is 5.75. The molecule has 1 aromatic heterocycles. The number of aromatic amines is 1. The topological polar surface area (TPSA) is 41.0 Å². The molecule has 0 amide bonds. The van der Waals surface area contributed by atoms with Gasteiger partial charge in [0.2, 0.25) is 0 Å². The summed E-state index contributed by atoms with van der Waals surface area (Å²) in [6.07, 6.45) is 13.0. The zero-order chi connectivity index (χ0) is 21.8. The molecule has 1 saturated heterocycles. The second-order valence-electron chi connectivity index (χ2n) is 10.3. The lowest BCUT2D eigenvalue weighted by Crippen LogP contribution is -2.44. The Morgan fingerprint density at radius 1 is 0.844 bits per heavy atom. The number of H-pyrrole nitrogens is 1. The van der Waals surface area contributed by atoms with Gasteiger partial charge in [-0.3, -0.25) is 4.57 Å². The molecule has 1 N–H and O–H groups in total. The maximum atomic E-state index is 12.7. The molecule has 32 heavy (non-hydrogen) atoms. The number of nitrogens with one attached hydrogen (secondary N) is 1. The van der Waals surface area contributed by atoms with Crippen LogP contribution in [-0.2, 0) is 6.42 Å². The first-order valence-corrected chi connectivity index (χ1v) is 12.7. The fourth-order valence-corrected chi connectivity index (χ4v) is 6.32. The van der Waals surface area contributed by atoms with E-state index < -0.39 is 0 Å². The lowest BCUT2D eigenvalue weighted by atomic mass is 9.71. The van der Waals surface area contributed by atoms with Gasteiger partial charge in [-0.1, -0.05) is 74.6 Å². The minimum atomic E-state index is 0.0465. The van der Waals surface area contributed by atoms with Gasteiger partial charge in [0.05, 0.1) is 11.0 Å². The summed E-state index contributed by atoms with van der Waals surface area (Å²) in [7, 11) is 0. The Bertz CT molecular complexity index is 1050. The third kappa shape index (κ3) is 4.71. The summed E-state index contributed by atoms with van der Waals surface area (Å²) in [6.45, 7) is 3.39. The summed E-state index contributed by atoms with van der Waals surface area (Å²) >= 11 is 0. The van der Waals surface area contributed by atoms with E-state index in [4.69, 9.17) is 0 Å². The molecule has 0 spiro atoms. The zero-order valence-corrected chi connectivity index (χ0v) is 19.3. The average Bonchev–Trinajstić information content (AvgIpc) is 3.13. The van der Waals surface area contributed by atoms with Gasteiger partial charge >= 0.3 is 5.69 Å². The Morgan fingerprint density at radius 3 is 2.25 bits per heavy atom. The summed E-state index contributed by atoms with van der Waals surface area (Å²) in [5, 5.41) is 0. The van der Waals surface area contributed by atoms with Crippen LogP contribution >= 0.6 is 0 Å². The summed E-state index contributed by atoms with van der Waals surface area (Å²) < 4.78 is 2.02. The van der Waals surface area contributed by atoms with E-state index in [9.17, 15) is 4.79 Å². The minimum absolute atomic E-state index is 0.0465. The molecule has 2 aromatic carbocycles. The van der Waals surface area contributed by atoms with Crippen molar-refractivity contribution in [3.8, 4) is 0 Å². The minimum Gasteiger partial charge on any atom is -0.306 e. The smallest absolute Gasteiger partial charge is 0.306 e. The number of hydrogen-bond donors (Lipinski definition) is 1. The van der Waals surface area contributed by atoms with Gasteiger partial charge in [0, 0.05) is 25.7 Å². The molecule has 0 unspecified atom stereocenters. The number of para-hydroxylation sites is 2. The summed E-state index contributed by atoms with van der Waals surface area (Å²) in [6, 6.07) is 19.5. The number of likely N-dealkylation sites (tertiary alicyclic amines) is 1. The van der Waals surface area contributed by atoms with Gasteiger partial charge in [-0.15, -0.1) is 0 Å². The third-order valence-corrected chi connectivity index (χ3v) is 7.94. The fraction of sp³-hybridized carbons (Fsp3) is 0.536. The highest BCUT2D eigenvalue weighted by atomic mass is 16.1. The first kappa shape index (κ1) is 21.5. The van der Waals surface area contributed by atoms with Gasteiger partial charge in [0.15, 0.2) is 0 Å². The molecule has 5 rings (SSSR count). The molecule has 170 valence electrons. The normalized spacial score (nSPS) is 20.8. The molecule has 2 heterocycles. The molecule has 0 bridgehead atoms. The third-order valence-electron chi connectivity index (χ3n) is 7.94. The quantitative estimate of drug-likeness (QED) is 0.543. The number of piperidine rings is 1. The van der Waals surface area contributed by atoms with E-state index in [-0.39, 0.29) is 5.69 Å². The SMILES string of the molecule is O=c1[nH]c2ccccc2n1C1CCN(CC2(Cc3ccccc3)CCCCCCC2)CC1. The molecule has 4 heteroatoms. The van der Waals surface area contributed by atoms with Crippen molar-refractivity contribution in [3.05, 3.63) is 70.6 Å². The standard InChI is InChI=1S/C28H37N3O/c32-27-29-25-13-7-8-14-26(25)31(27)24-15-19-30(20-16-24)22-28(17-9-2-1-3-10-18-28)21-23-11-5-4-6-12-23/h4-8,11-14,24H,1-3,9-10,15-22H2,(H,29,32). The first-order valence-electron chi connectivity index (χ1n) is 12.7. The van der Waals surface area contributed by atoms with Gasteiger partial charge in [-0.05, 0) is 55.2 Å². The van der Waals surface area contributed by atoms with Gasteiger partial charge in [0.25, 0.3) is 0 Å². The van der Waals surface area contributed by atoms with E-state index in [0.717, 1.165) is 37.0 Å². The Balaban J connectivity index is 1.30. The van der Waals surface area contributed by atoms with Crippen molar-refractivity contribution in [1.82, 2.24) is 14.5 Å². The Morgan fingerprint density at radius 2 is 1.50 bits per heavy atom. The maximum Gasteiger partial charge on any atom is 0.326 e. The van der Waals surface area contributed by atoms with E-state index in [1.165, 1.54) is 63.5 Å². The first-order chi connectivity index (χ1) is 15.7. The van der Waals surface area contributed by atoms with E-state index in [1.807, 2.05) is 22.8 Å². The van der Waals surface area contributed by atoms with Crippen LogP contribution in [0.25, 0.3) is 11.0 Å². The molecule has 0 atom stereocenters. The van der Waals surface area contributed by atoms with Gasteiger partial charge in [-0.25, -0.2) is 4.79 Å². The maximum absolute atomic E-state index is 12.7. The average molecular weight is 432 g/mol. The molecule has 3 aromatic rings. The fourth-order valence-electron chi connectivity index (χ4n) is 6.32. The highest BCUT2D eigenvalue weighted by Gasteiger charge is 2.34. The van der Waals surface area contributed by atoms with Crippen molar-refractivity contribution >= 4 is 11.0 Å². The molecular weight excluding hydrogens is 394 g/mol. The van der Waals surface area contributed by atoms with Crippen LogP contribution in [0.5, 0.6) is 0 Å². The van der Waals surface area contributed by atoms with Crippen LogP contribution < -0.4 is 5.69 Å². The largest absolute Gasteiger partial charge is 0.326 e.